The second kappa shape index (κ2) is 5.77. The first-order valence-corrected chi connectivity index (χ1v) is 5.49. The van der Waals surface area contributed by atoms with Crippen LogP contribution in [0.25, 0.3) is 0 Å². The van der Waals surface area contributed by atoms with Gasteiger partial charge in [0.15, 0.2) is 5.82 Å². The maximum absolute atomic E-state index is 11.8. The predicted molar refractivity (Wildman–Crippen MR) is 67.4 cm³/mol. The van der Waals surface area contributed by atoms with E-state index in [0.29, 0.717) is 11.6 Å². The number of carbonyl (C=O) groups is 1. The molecule has 2 rings (SSSR count). The van der Waals surface area contributed by atoms with Crippen LogP contribution in [0.5, 0.6) is 5.75 Å². The van der Waals surface area contributed by atoms with Gasteiger partial charge in [-0.25, -0.2) is 0 Å². The third kappa shape index (κ3) is 3.04. The number of amides is 1. The molecule has 0 aliphatic rings. The number of benzene rings is 1. The van der Waals surface area contributed by atoms with Crippen molar-refractivity contribution in [3.63, 3.8) is 0 Å². The van der Waals surface area contributed by atoms with Gasteiger partial charge in [0.05, 0.1) is 13.5 Å². The number of nitrogens with one attached hydrogen (secondary N) is 1. The van der Waals surface area contributed by atoms with Gasteiger partial charge in [0.1, 0.15) is 5.75 Å². The molecule has 5 heteroatoms. The Labute approximate surface area is 105 Å². The smallest absolute Gasteiger partial charge is 0.230 e. The van der Waals surface area contributed by atoms with E-state index in [4.69, 9.17) is 4.74 Å². The Kier molecular flexibility index (Phi) is 3.86. The van der Waals surface area contributed by atoms with E-state index in [-0.39, 0.29) is 12.3 Å². The van der Waals surface area contributed by atoms with Gasteiger partial charge in [0.2, 0.25) is 5.91 Å². The van der Waals surface area contributed by atoms with Crippen molar-refractivity contribution in [2.75, 3.05) is 12.4 Å². The van der Waals surface area contributed by atoms with Crippen molar-refractivity contribution in [1.82, 2.24) is 10.2 Å². The third-order valence-corrected chi connectivity index (χ3v) is 2.38. The summed E-state index contributed by atoms with van der Waals surface area (Å²) >= 11 is 0. The Balaban J connectivity index is 2.03. The zero-order valence-corrected chi connectivity index (χ0v) is 9.96. The van der Waals surface area contributed by atoms with Gasteiger partial charge in [-0.2, -0.15) is 5.10 Å². The number of rotatable bonds is 4. The van der Waals surface area contributed by atoms with Crippen molar-refractivity contribution in [2.45, 2.75) is 6.42 Å². The minimum Gasteiger partial charge on any atom is -0.496 e. The summed E-state index contributed by atoms with van der Waals surface area (Å²) in [5, 5.41) is 10.2. The van der Waals surface area contributed by atoms with Gasteiger partial charge < -0.3 is 10.1 Å². The van der Waals surface area contributed by atoms with Crippen LogP contribution in [0.3, 0.4) is 0 Å². The molecule has 1 heterocycles. The average Bonchev–Trinajstić information content (AvgIpc) is 2.40. The number of ether oxygens (including phenoxy) is 1. The first kappa shape index (κ1) is 12.0. The normalized spacial score (nSPS) is 9.83. The van der Waals surface area contributed by atoms with Gasteiger partial charge in [0.25, 0.3) is 0 Å². The van der Waals surface area contributed by atoms with Crippen LogP contribution < -0.4 is 10.1 Å². The topological polar surface area (TPSA) is 64.1 Å². The van der Waals surface area contributed by atoms with Crippen LogP contribution >= 0.6 is 0 Å². The molecule has 0 unspecified atom stereocenters. The number of methoxy groups -OCH3 is 1. The van der Waals surface area contributed by atoms with Crippen molar-refractivity contribution in [3.8, 4) is 5.75 Å². The highest BCUT2D eigenvalue weighted by molar-refractivity contribution is 5.91. The molecule has 0 saturated carbocycles. The van der Waals surface area contributed by atoms with E-state index in [9.17, 15) is 4.79 Å². The molecule has 0 fully saturated rings. The van der Waals surface area contributed by atoms with Gasteiger partial charge in [-0.15, -0.1) is 5.10 Å². The summed E-state index contributed by atoms with van der Waals surface area (Å²) in [6.45, 7) is 0. The van der Waals surface area contributed by atoms with E-state index in [1.54, 1.807) is 25.4 Å². The largest absolute Gasteiger partial charge is 0.496 e. The fourth-order valence-corrected chi connectivity index (χ4v) is 1.58. The first-order valence-electron chi connectivity index (χ1n) is 5.49. The summed E-state index contributed by atoms with van der Waals surface area (Å²) in [5.41, 5.74) is 0.835. The number of aromatic nitrogens is 2. The van der Waals surface area contributed by atoms with Crippen molar-refractivity contribution in [2.24, 2.45) is 0 Å². The highest BCUT2D eigenvalue weighted by Gasteiger charge is 2.08. The lowest BCUT2D eigenvalue weighted by Gasteiger charge is -2.07. The highest BCUT2D eigenvalue weighted by atomic mass is 16.5. The van der Waals surface area contributed by atoms with E-state index in [0.717, 1.165) is 5.56 Å². The number of hydrogen-bond donors (Lipinski definition) is 1. The van der Waals surface area contributed by atoms with Crippen molar-refractivity contribution in [1.29, 1.82) is 0 Å². The fraction of sp³-hybridized carbons (Fsp3) is 0.154. The van der Waals surface area contributed by atoms with Gasteiger partial charge in [-0.1, -0.05) is 18.2 Å². The lowest BCUT2D eigenvalue weighted by Crippen LogP contribution is -2.15. The van der Waals surface area contributed by atoms with Gasteiger partial charge >= 0.3 is 0 Å². The molecule has 18 heavy (non-hydrogen) atoms. The number of hydrogen-bond acceptors (Lipinski definition) is 4. The molecule has 0 bridgehead atoms. The van der Waals surface area contributed by atoms with E-state index in [1.165, 1.54) is 0 Å². The summed E-state index contributed by atoms with van der Waals surface area (Å²) in [5.74, 6) is 0.990. The molecular weight excluding hydrogens is 230 g/mol. The number of carbonyl (C=O) groups excluding carboxylic acids is 1. The summed E-state index contributed by atoms with van der Waals surface area (Å²) < 4.78 is 5.19. The molecule has 1 aromatic carbocycles. The van der Waals surface area contributed by atoms with Crippen LogP contribution in [0.1, 0.15) is 5.56 Å². The summed E-state index contributed by atoms with van der Waals surface area (Å²) in [6, 6.07) is 10.8. The zero-order valence-electron chi connectivity index (χ0n) is 9.96. The SMILES string of the molecule is COc1ccccc1CC(=O)Nc1cccnn1. The van der Waals surface area contributed by atoms with Crippen molar-refractivity contribution < 1.29 is 9.53 Å². The van der Waals surface area contributed by atoms with Crippen molar-refractivity contribution >= 4 is 11.7 Å². The quantitative estimate of drug-likeness (QED) is 0.887. The molecule has 92 valence electrons. The number of anilines is 1. The van der Waals surface area contributed by atoms with Crippen LogP contribution in [0.15, 0.2) is 42.6 Å². The standard InChI is InChI=1S/C13H13N3O2/c1-18-11-6-3-2-5-10(11)9-13(17)15-12-7-4-8-14-16-12/h2-8H,9H2,1H3,(H,15,16,17). The van der Waals surface area contributed by atoms with Crippen LogP contribution in [0.2, 0.25) is 0 Å². The maximum atomic E-state index is 11.8. The van der Waals surface area contributed by atoms with Crippen molar-refractivity contribution in [3.05, 3.63) is 48.2 Å². The van der Waals surface area contributed by atoms with Gasteiger partial charge in [-0.05, 0) is 18.2 Å². The zero-order chi connectivity index (χ0) is 12.8. The van der Waals surface area contributed by atoms with E-state index < -0.39 is 0 Å². The molecule has 0 aliphatic carbocycles. The van der Waals surface area contributed by atoms with Gasteiger partial charge in [0, 0.05) is 11.8 Å². The summed E-state index contributed by atoms with van der Waals surface area (Å²) in [4.78, 5) is 11.8. The summed E-state index contributed by atoms with van der Waals surface area (Å²) in [7, 11) is 1.58. The lowest BCUT2D eigenvalue weighted by molar-refractivity contribution is -0.115. The molecule has 0 saturated heterocycles. The molecule has 2 aromatic rings. The molecule has 5 nitrogen and oxygen atoms in total. The Morgan fingerprint density at radius 1 is 1.28 bits per heavy atom. The minimum atomic E-state index is -0.153. The molecule has 0 radical (unpaired) electrons. The van der Waals surface area contributed by atoms with E-state index >= 15 is 0 Å². The van der Waals surface area contributed by atoms with Crippen LogP contribution in [-0.2, 0) is 11.2 Å². The maximum Gasteiger partial charge on any atom is 0.230 e. The lowest BCUT2D eigenvalue weighted by atomic mass is 10.1. The first-order chi connectivity index (χ1) is 8.79. The van der Waals surface area contributed by atoms with Crippen LogP contribution in [0, 0.1) is 0 Å². The van der Waals surface area contributed by atoms with Gasteiger partial charge in [-0.3, -0.25) is 4.79 Å². The van der Waals surface area contributed by atoms with Crippen LogP contribution in [-0.4, -0.2) is 23.2 Å². The number of nitrogens with zero attached hydrogens (tertiary/aromatic N) is 2. The molecular formula is C13H13N3O2. The Morgan fingerprint density at radius 3 is 2.83 bits per heavy atom. The molecule has 1 amide bonds. The predicted octanol–water partition coefficient (Wildman–Crippen LogP) is 1.67. The van der Waals surface area contributed by atoms with E-state index in [1.807, 2.05) is 24.3 Å². The number of para-hydroxylation sites is 1. The Bertz CT molecular complexity index is 529. The fourth-order valence-electron chi connectivity index (χ4n) is 1.58. The van der Waals surface area contributed by atoms with Crippen LogP contribution in [0.4, 0.5) is 5.82 Å². The van der Waals surface area contributed by atoms with E-state index in [2.05, 4.69) is 15.5 Å². The molecule has 0 spiro atoms. The monoisotopic (exact) mass is 243 g/mol. The second-order valence-corrected chi connectivity index (χ2v) is 3.65. The highest BCUT2D eigenvalue weighted by Crippen LogP contribution is 2.18. The average molecular weight is 243 g/mol. The minimum absolute atomic E-state index is 0.153. The summed E-state index contributed by atoms with van der Waals surface area (Å²) in [6.07, 6.45) is 1.79. The molecule has 1 aromatic heterocycles. The molecule has 0 atom stereocenters. The molecule has 1 N–H and O–H groups in total. The Hall–Kier alpha value is -2.43. The second-order valence-electron chi connectivity index (χ2n) is 3.65. The third-order valence-electron chi connectivity index (χ3n) is 2.38. The Morgan fingerprint density at radius 2 is 2.11 bits per heavy atom. The molecule has 0 aliphatic heterocycles.